The highest BCUT2D eigenvalue weighted by molar-refractivity contribution is 5.89. The number of quaternary nitrogens is 2. The molecule has 0 spiro atoms. The molecule has 3 heterocycles. The van der Waals surface area contributed by atoms with Crippen LogP contribution in [0.3, 0.4) is 0 Å². The third kappa shape index (κ3) is 4.02. The van der Waals surface area contributed by atoms with Crippen LogP contribution in [0.5, 0.6) is 0 Å². The number of ether oxygens (including phenoxy) is 1. The Balaban J connectivity index is 1.62. The van der Waals surface area contributed by atoms with Gasteiger partial charge in [0, 0.05) is 5.56 Å². The largest absolute Gasteiger partial charge is 0.459 e. The third-order valence-electron chi connectivity index (χ3n) is 5.69. The van der Waals surface area contributed by atoms with Gasteiger partial charge in [-0.15, -0.1) is 0 Å². The minimum Gasteiger partial charge on any atom is -0.459 e. The van der Waals surface area contributed by atoms with Crippen LogP contribution in [0.15, 0.2) is 24.3 Å². The lowest BCUT2D eigenvalue weighted by molar-refractivity contribution is -1.08. The van der Waals surface area contributed by atoms with Crippen LogP contribution in [0.1, 0.15) is 29.8 Å². The summed E-state index contributed by atoms with van der Waals surface area (Å²) < 4.78 is 7.18. The van der Waals surface area contributed by atoms with Crippen LogP contribution in [0.2, 0.25) is 0 Å². The van der Waals surface area contributed by atoms with Gasteiger partial charge in [0.25, 0.3) is 5.91 Å². The van der Waals surface area contributed by atoms with E-state index in [9.17, 15) is 9.59 Å². The highest BCUT2D eigenvalue weighted by atomic mass is 16.5. The molecule has 0 saturated carbocycles. The summed E-state index contributed by atoms with van der Waals surface area (Å²) in [5.74, 6) is -0.455. The Bertz CT molecular complexity index is 630. The lowest BCUT2D eigenvalue weighted by atomic mass is 10.0. The van der Waals surface area contributed by atoms with Gasteiger partial charge in [0.1, 0.15) is 45.8 Å². The van der Waals surface area contributed by atoms with Crippen LogP contribution in [0.25, 0.3) is 0 Å². The van der Waals surface area contributed by atoms with E-state index in [-0.39, 0.29) is 18.0 Å². The van der Waals surface area contributed by atoms with Gasteiger partial charge in [-0.25, -0.2) is 4.79 Å². The number of hydrogen-bond acceptors (Lipinski definition) is 3. The topological polar surface area (TPSA) is 69.4 Å². The van der Waals surface area contributed by atoms with Gasteiger partial charge >= 0.3 is 5.97 Å². The molecule has 0 unspecified atom stereocenters. The summed E-state index contributed by atoms with van der Waals surface area (Å²) in [7, 11) is 0. The maximum absolute atomic E-state index is 11.9. The molecule has 3 aliphatic rings. The fourth-order valence-electron chi connectivity index (χ4n) is 4.16. The van der Waals surface area contributed by atoms with Crippen LogP contribution >= 0.6 is 0 Å². The average Bonchev–Trinajstić information content (AvgIpc) is 2.56. The summed E-state index contributed by atoms with van der Waals surface area (Å²) in [6.45, 7) is 11.5. The van der Waals surface area contributed by atoms with Crippen LogP contribution in [0.4, 0.5) is 0 Å². The predicted octanol–water partition coefficient (Wildman–Crippen LogP) is 0.898. The van der Waals surface area contributed by atoms with E-state index < -0.39 is 0 Å². The summed E-state index contributed by atoms with van der Waals surface area (Å²) in [6.07, 6.45) is -0.106. The number of amides is 1. The number of carbonyl (C=O) groups excluding carboxylic acids is 2. The van der Waals surface area contributed by atoms with Gasteiger partial charge in [-0.3, -0.25) is 4.79 Å². The molecule has 25 heavy (non-hydrogen) atoms. The Kier molecular flexibility index (Phi) is 4.84. The van der Waals surface area contributed by atoms with Crippen molar-refractivity contribution in [3.8, 4) is 0 Å². The normalized spacial score (nSPS) is 28.1. The van der Waals surface area contributed by atoms with Crippen LogP contribution < -0.4 is 5.73 Å². The van der Waals surface area contributed by atoms with Crippen LogP contribution in [-0.4, -0.2) is 72.8 Å². The molecule has 3 aliphatic heterocycles. The van der Waals surface area contributed by atoms with Gasteiger partial charge in [-0.05, 0) is 26.0 Å². The molecule has 2 N–H and O–H groups in total. The van der Waals surface area contributed by atoms with Crippen molar-refractivity contribution in [3.63, 3.8) is 0 Å². The van der Waals surface area contributed by atoms with E-state index in [1.54, 1.807) is 0 Å². The number of hydrogen-bond donors (Lipinski definition) is 1. The first kappa shape index (κ1) is 17.9. The molecule has 1 amide bonds. The first-order valence-corrected chi connectivity index (χ1v) is 9.10. The van der Waals surface area contributed by atoms with Gasteiger partial charge in [0.15, 0.2) is 6.54 Å². The van der Waals surface area contributed by atoms with Crippen molar-refractivity contribution in [2.45, 2.75) is 26.5 Å². The second-order valence-corrected chi connectivity index (χ2v) is 7.96. The van der Waals surface area contributed by atoms with E-state index in [1.165, 1.54) is 5.56 Å². The summed E-state index contributed by atoms with van der Waals surface area (Å²) in [6, 6.07) is 7.80. The Hall–Kier alpha value is -1.92. The molecule has 4 rings (SSSR count). The number of carbonyl (C=O) groups is 2. The van der Waals surface area contributed by atoms with Crippen molar-refractivity contribution in [1.29, 1.82) is 0 Å². The number of fused-ring (bicyclic) bond motifs is 3. The maximum atomic E-state index is 11.9. The molecule has 0 aliphatic carbocycles. The van der Waals surface area contributed by atoms with Crippen LogP contribution in [-0.2, 0) is 16.1 Å². The fourth-order valence-corrected chi connectivity index (χ4v) is 4.16. The highest BCUT2D eigenvalue weighted by Gasteiger charge is 2.49. The van der Waals surface area contributed by atoms with Gasteiger partial charge in [-0.1, -0.05) is 12.1 Å². The monoisotopic (exact) mass is 347 g/mol. The third-order valence-corrected chi connectivity index (χ3v) is 5.69. The first-order chi connectivity index (χ1) is 11.8. The van der Waals surface area contributed by atoms with E-state index in [1.807, 2.05) is 38.1 Å². The lowest BCUT2D eigenvalue weighted by Crippen LogP contribution is -2.75. The Morgan fingerprint density at radius 2 is 1.52 bits per heavy atom. The number of primary amides is 1. The van der Waals surface area contributed by atoms with Crippen LogP contribution in [0, 0.1) is 0 Å². The van der Waals surface area contributed by atoms with Crippen molar-refractivity contribution < 1.29 is 23.3 Å². The lowest BCUT2D eigenvalue weighted by Gasteiger charge is -2.55. The molecule has 3 fully saturated rings. The van der Waals surface area contributed by atoms with Gasteiger partial charge in [0.2, 0.25) is 0 Å². The number of esters is 1. The number of nitrogens with zero attached hydrogens (tertiary/aromatic N) is 2. The Labute approximate surface area is 149 Å². The average molecular weight is 347 g/mol. The molecular weight excluding hydrogens is 318 g/mol. The van der Waals surface area contributed by atoms with Crippen molar-refractivity contribution >= 4 is 11.9 Å². The molecule has 6 heteroatoms. The van der Waals surface area contributed by atoms with Crippen molar-refractivity contribution in [2.24, 2.45) is 5.73 Å². The number of piperazine rings is 3. The minimum absolute atomic E-state index is 0.106. The maximum Gasteiger partial charge on any atom is 0.338 e. The molecular formula is C19H29N3O3+2. The molecule has 1 aromatic carbocycles. The highest BCUT2D eigenvalue weighted by Crippen LogP contribution is 2.28. The summed E-state index contributed by atoms with van der Waals surface area (Å²) in [4.78, 5) is 23.3. The molecule has 0 radical (unpaired) electrons. The fraction of sp³-hybridized carbons (Fsp3) is 0.579. The zero-order chi connectivity index (χ0) is 18.1. The first-order valence-electron chi connectivity index (χ1n) is 9.10. The number of rotatable bonds is 6. The van der Waals surface area contributed by atoms with Gasteiger partial charge < -0.3 is 19.4 Å². The summed E-state index contributed by atoms with van der Waals surface area (Å²) in [5, 5.41) is 0. The zero-order valence-corrected chi connectivity index (χ0v) is 15.2. The quantitative estimate of drug-likeness (QED) is 0.614. The number of nitrogens with two attached hydrogens (primary N) is 1. The van der Waals surface area contributed by atoms with Crippen molar-refractivity contribution in [2.75, 3.05) is 45.8 Å². The van der Waals surface area contributed by atoms with Gasteiger partial charge in [0.05, 0.1) is 11.7 Å². The molecule has 2 bridgehead atoms. The second-order valence-electron chi connectivity index (χ2n) is 7.96. The SMILES string of the molecule is CC(C)OC(=O)c1ccc(C[N+]23CC[N+](CC(N)=O)(CC2)CC3)cc1. The van der Waals surface area contributed by atoms with E-state index in [2.05, 4.69) is 0 Å². The van der Waals surface area contributed by atoms with E-state index in [0.717, 1.165) is 54.8 Å². The van der Waals surface area contributed by atoms with E-state index in [4.69, 9.17) is 10.5 Å². The summed E-state index contributed by atoms with van der Waals surface area (Å²) >= 11 is 0. The second kappa shape index (κ2) is 6.77. The predicted molar refractivity (Wildman–Crippen MR) is 94.5 cm³/mol. The van der Waals surface area contributed by atoms with Crippen molar-refractivity contribution in [3.05, 3.63) is 35.4 Å². The smallest absolute Gasteiger partial charge is 0.338 e. The molecule has 0 atom stereocenters. The zero-order valence-electron chi connectivity index (χ0n) is 15.2. The van der Waals surface area contributed by atoms with E-state index in [0.29, 0.717) is 12.1 Å². The Morgan fingerprint density at radius 3 is 2.00 bits per heavy atom. The van der Waals surface area contributed by atoms with Crippen molar-refractivity contribution in [1.82, 2.24) is 0 Å². The molecule has 136 valence electrons. The van der Waals surface area contributed by atoms with Gasteiger partial charge in [-0.2, -0.15) is 0 Å². The molecule has 3 saturated heterocycles. The summed E-state index contributed by atoms with van der Waals surface area (Å²) in [5.41, 5.74) is 7.28. The molecule has 1 aromatic rings. The minimum atomic E-state index is -0.266. The standard InChI is InChI=1S/C19H28N3O3/c1-15(2)25-19(24)17-5-3-16(4-6-17)13-21-7-10-22(11-8-21,12-9-21)14-18(20)23/h3-6,15H,7-14H2,1-2H3,(H-,20,23)/q+1/p+1. The Morgan fingerprint density at radius 1 is 1.00 bits per heavy atom. The molecule has 6 nitrogen and oxygen atoms in total. The number of benzene rings is 1. The van der Waals surface area contributed by atoms with E-state index >= 15 is 0 Å². The molecule has 0 aromatic heterocycles.